The first-order chi connectivity index (χ1) is 19.7. The van der Waals surface area contributed by atoms with Crippen molar-refractivity contribution in [1.29, 1.82) is 0 Å². The number of nitrogen functional groups attached to an aromatic ring is 1. The number of carbonyl (C=O) groups is 2. The van der Waals surface area contributed by atoms with Crippen molar-refractivity contribution in [3.63, 3.8) is 0 Å². The highest BCUT2D eigenvalue weighted by molar-refractivity contribution is 9.10. The van der Waals surface area contributed by atoms with Crippen molar-refractivity contribution in [2.45, 2.75) is 36.4 Å². The molecule has 3 heterocycles. The van der Waals surface area contributed by atoms with Crippen LogP contribution in [-0.4, -0.2) is 53.0 Å². The lowest BCUT2D eigenvalue weighted by Crippen LogP contribution is -2.53. The predicted molar refractivity (Wildman–Crippen MR) is 156 cm³/mol. The first-order valence-electron chi connectivity index (χ1n) is 13.4. The number of carboxylic acid groups (broad SMARTS) is 1. The Morgan fingerprint density at radius 3 is 2.78 bits per heavy atom. The van der Waals surface area contributed by atoms with E-state index in [0.29, 0.717) is 38.8 Å². The minimum Gasteiger partial charge on any atom is -0.478 e. The van der Waals surface area contributed by atoms with Crippen molar-refractivity contribution in [2.24, 2.45) is 10.9 Å². The molecule has 4 aliphatic rings. The standard InChI is InChI=1S/C30H25BrClFN4O4/c31-20-3-1-2-18(25(20)33)24-26-23(13-41-27(36-26)17-8-6-15(28(38)39)10-21(17)34)37(12-14-4-5-14)30(24)19-9-7-16(32)11-22(19)35-29(30)40/h1-3,6-11,14,23-24,26H,4-5,12-13,34H2,(H,35,40)(H,38,39)/t23-,24-,26+,30+/m0/s1. The van der Waals surface area contributed by atoms with Crippen LogP contribution in [0.2, 0.25) is 5.02 Å². The molecule has 210 valence electrons. The molecule has 4 N–H and O–H groups in total. The van der Waals surface area contributed by atoms with E-state index in [2.05, 4.69) is 26.1 Å². The Morgan fingerprint density at radius 2 is 2.05 bits per heavy atom. The van der Waals surface area contributed by atoms with E-state index in [1.54, 1.807) is 36.4 Å². The third-order valence-corrected chi connectivity index (χ3v) is 9.53. The lowest BCUT2D eigenvalue weighted by atomic mass is 9.73. The summed E-state index contributed by atoms with van der Waals surface area (Å²) in [4.78, 5) is 33.0. The molecule has 3 aromatic carbocycles. The molecular weight excluding hydrogens is 615 g/mol. The molecule has 4 atom stereocenters. The van der Waals surface area contributed by atoms with Gasteiger partial charge in [0.2, 0.25) is 11.8 Å². The van der Waals surface area contributed by atoms with E-state index < -0.39 is 29.3 Å². The lowest BCUT2D eigenvalue weighted by Gasteiger charge is -2.39. The van der Waals surface area contributed by atoms with Gasteiger partial charge >= 0.3 is 5.97 Å². The van der Waals surface area contributed by atoms with Crippen LogP contribution in [0.5, 0.6) is 0 Å². The number of nitrogens with two attached hydrogens (primary N) is 1. The van der Waals surface area contributed by atoms with Crippen LogP contribution in [-0.2, 0) is 15.1 Å². The van der Waals surface area contributed by atoms with Gasteiger partial charge < -0.3 is 20.9 Å². The number of benzene rings is 3. The Hall–Kier alpha value is -3.47. The maximum atomic E-state index is 16.0. The smallest absolute Gasteiger partial charge is 0.335 e. The fourth-order valence-electron chi connectivity index (χ4n) is 6.73. The van der Waals surface area contributed by atoms with Crippen molar-refractivity contribution in [2.75, 3.05) is 24.2 Å². The third kappa shape index (κ3) is 3.99. The number of rotatable bonds is 5. The summed E-state index contributed by atoms with van der Waals surface area (Å²) in [6, 6.07) is 13.9. The van der Waals surface area contributed by atoms with Crippen molar-refractivity contribution < 1.29 is 23.8 Å². The number of nitrogens with zero attached hydrogens (tertiary/aromatic N) is 2. The molecule has 3 aromatic rings. The average molecular weight is 640 g/mol. The van der Waals surface area contributed by atoms with E-state index in [1.165, 1.54) is 12.1 Å². The molecule has 1 spiro atoms. The highest BCUT2D eigenvalue weighted by atomic mass is 79.9. The van der Waals surface area contributed by atoms with E-state index in [4.69, 9.17) is 27.1 Å². The summed E-state index contributed by atoms with van der Waals surface area (Å²) >= 11 is 9.67. The Kier molecular flexibility index (Phi) is 6.15. The number of likely N-dealkylation sites (tertiary alicyclic amines) is 1. The van der Waals surface area contributed by atoms with Crippen LogP contribution in [0.4, 0.5) is 15.8 Å². The Labute approximate surface area is 248 Å². The van der Waals surface area contributed by atoms with E-state index in [-0.39, 0.29) is 35.7 Å². The van der Waals surface area contributed by atoms with Crippen LogP contribution in [0.3, 0.4) is 0 Å². The van der Waals surface area contributed by atoms with Gasteiger partial charge in [-0.1, -0.05) is 29.8 Å². The van der Waals surface area contributed by atoms with Crippen molar-refractivity contribution in [1.82, 2.24) is 4.90 Å². The molecule has 3 aliphatic heterocycles. The van der Waals surface area contributed by atoms with Crippen LogP contribution in [0, 0.1) is 11.7 Å². The van der Waals surface area contributed by atoms with Gasteiger partial charge in [0, 0.05) is 34.4 Å². The molecule has 0 bridgehead atoms. The monoisotopic (exact) mass is 638 g/mol. The van der Waals surface area contributed by atoms with Gasteiger partial charge in [0.05, 0.1) is 27.7 Å². The van der Waals surface area contributed by atoms with E-state index >= 15 is 4.39 Å². The second-order valence-corrected chi connectivity index (χ2v) is 12.3. The molecule has 11 heteroatoms. The average Bonchev–Trinajstić information content (AvgIpc) is 3.66. The van der Waals surface area contributed by atoms with Gasteiger partial charge in [0.1, 0.15) is 18.0 Å². The molecule has 0 unspecified atom stereocenters. The van der Waals surface area contributed by atoms with Crippen LogP contribution in [0.15, 0.2) is 64.1 Å². The molecular formula is C30H25BrClFN4O4. The van der Waals surface area contributed by atoms with Gasteiger partial charge in [-0.2, -0.15) is 0 Å². The number of nitrogens with one attached hydrogen (secondary N) is 1. The number of carbonyl (C=O) groups excluding carboxylic acids is 1. The van der Waals surface area contributed by atoms with Gasteiger partial charge in [-0.15, -0.1) is 0 Å². The first-order valence-corrected chi connectivity index (χ1v) is 14.5. The number of amides is 1. The van der Waals surface area contributed by atoms with Gasteiger partial charge in [0.25, 0.3) is 0 Å². The number of hydrogen-bond acceptors (Lipinski definition) is 6. The second-order valence-electron chi connectivity index (χ2n) is 11.0. The number of fused-ring (bicyclic) bond motifs is 3. The predicted octanol–water partition coefficient (Wildman–Crippen LogP) is 5.39. The van der Waals surface area contributed by atoms with Gasteiger partial charge in [-0.05, 0) is 76.7 Å². The largest absolute Gasteiger partial charge is 0.478 e. The minimum absolute atomic E-state index is 0.0444. The van der Waals surface area contributed by atoms with Gasteiger partial charge in [-0.25, -0.2) is 14.2 Å². The first kappa shape index (κ1) is 26.4. The fraction of sp³-hybridized carbons (Fsp3) is 0.300. The molecule has 1 amide bonds. The Bertz CT molecular complexity index is 1660. The summed E-state index contributed by atoms with van der Waals surface area (Å²) in [6.45, 7) is 0.826. The van der Waals surface area contributed by atoms with Crippen LogP contribution >= 0.6 is 27.5 Å². The summed E-state index contributed by atoms with van der Waals surface area (Å²) in [7, 11) is 0. The maximum Gasteiger partial charge on any atom is 0.335 e. The summed E-state index contributed by atoms with van der Waals surface area (Å²) in [5.74, 6) is -1.88. The summed E-state index contributed by atoms with van der Waals surface area (Å²) in [5.41, 5.74) is 7.38. The highest BCUT2D eigenvalue weighted by Crippen LogP contribution is 2.60. The number of hydrogen-bond donors (Lipinski definition) is 3. The zero-order valence-electron chi connectivity index (χ0n) is 21.6. The molecule has 7 rings (SSSR count). The van der Waals surface area contributed by atoms with Crippen molar-refractivity contribution >= 4 is 56.7 Å². The van der Waals surface area contributed by atoms with Crippen LogP contribution in [0.25, 0.3) is 0 Å². The van der Waals surface area contributed by atoms with Crippen LogP contribution < -0.4 is 11.1 Å². The van der Waals surface area contributed by atoms with Crippen molar-refractivity contribution in [3.8, 4) is 0 Å². The number of halogens is 3. The van der Waals surface area contributed by atoms with Crippen LogP contribution in [0.1, 0.15) is 45.8 Å². The molecule has 0 aromatic heterocycles. The van der Waals surface area contributed by atoms with Gasteiger partial charge in [-0.3, -0.25) is 9.69 Å². The lowest BCUT2D eigenvalue weighted by molar-refractivity contribution is -0.128. The number of ether oxygens (including phenoxy) is 1. The summed E-state index contributed by atoms with van der Waals surface area (Å²) in [6.07, 6.45) is 2.10. The van der Waals surface area contributed by atoms with E-state index in [1.807, 2.05) is 6.07 Å². The molecule has 0 radical (unpaired) electrons. The zero-order valence-corrected chi connectivity index (χ0v) is 24.0. The normalized spacial score (nSPS) is 26.8. The van der Waals surface area contributed by atoms with E-state index in [0.717, 1.165) is 18.4 Å². The molecule has 1 aliphatic carbocycles. The number of aliphatic imine (C=N–C) groups is 1. The Morgan fingerprint density at radius 1 is 1.24 bits per heavy atom. The molecule has 1 saturated carbocycles. The topological polar surface area (TPSA) is 117 Å². The fourth-order valence-corrected chi connectivity index (χ4v) is 7.29. The molecule has 1 saturated heterocycles. The number of anilines is 2. The van der Waals surface area contributed by atoms with E-state index in [9.17, 15) is 14.7 Å². The van der Waals surface area contributed by atoms with Crippen molar-refractivity contribution in [3.05, 3.63) is 92.2 Å². The second kappa shape index (κ2) is 9.54. The van der Waals surface area contributed by atoms with Gasteiger partial charge in [0.15, 0.2) is 0 Å². The number of carboxylic acids is 1. The number of aromatic carboxylic acids is 1. The molecule has 2 fully saturated rings. The SMILES string of the molecule is Nc1cc(C(=O)O)ccc1C1=N[C@@H]2[C@H](CO1)N(CC1CC1)[C@@]1(C(=O)Nc3cc(Cl)ccc31)[C@H]2c1cccc(Br)c1F. The molecule has 41 heavy (non-hydrogen) atoms. The maximum absolute atomic E-state index is 16.0. The third-order valence-electron chi connectivity index (χ3n) is 8.68. The Balaban J connectivity index is 1.46. The molecule has 8 nitrogen and oxygen atoms in total. The minimum atomic E-state index is -1.26. The summed E-state index contributed by atoms with van der Waals surface area (Å²) < 4.78 is 22.5. The zero-order chi connectivity index (χ0) is 28.6. The summed E-state index contributed by atoms with van der Waals surface area (Å²) in [5, 5.41) is 12.9. The quantitative estimate of drug-likeness (QED) is 0.322. The highest BCUT2D eigenvalue weighted by Gasteiger charge is 2.68.